The molecule has 0 unspecified atom stereocenters. The molecule has 0 heterocycles. The first kappa shape index (κ1) is 11.3. The molecule has 0 rings (SSSR count). The summed E-state index contributed by atoms with van der Waals surface area (Å²) >= 11 is 2.48. The Morgan fingerprint density at radius 3 is 2.36 bits per heavy atom. The summed E-state index contributed by atoms with van der Waals surface area (Å²) in [6.45, 7) is 1.65. The highest BCUT2D eigenvalue weighted by molar-refractivity contribution is 9.07. The smallest absolute Gasteiger partial charge is 0.151 e. The molecule has 0 aliphatic carbocycles. The molecule has 0 N–H and O–H groups in total. The minimum absolute atomic E-state index is 0.123. The lowest BCUT2D eigenvalue weighted by atomic mass is 10.6. The molecule has 0 spiro atoms. The minimum atomic E-state index is -3.04. The van der Waals surface area contributed by atoms with E-state index in [0.717, 1.165) is 0 Å². The summed E-state index contributed by atoms with van der Waals surface area (Å²) in [6, 6.07) is 0. The van der Waals surface area contributed by atoms with E-state index in [4.69, 9.17) is 0 Å². The van der Waals surface area contributed by atoms with Gasteiger partial charge in [-0.1, -0.05) is 11.1 Å². The van der Waals surface area contributed by atoms with Crippen molar-refractivity contribution in [3.63, 3.8) is 0 Å². The molecule has 0 aliphatic heterocycles. The molecule has 0 radical (unpaired) electrons. The Balaban J connectivity index is 3.74. The summed E-state index contributed by atoms with van der Waals surface area (Å²) < 4.78 is 34.0. The maximum absolute atomic E-state index is 12.0. The van der Waals surface area contributed by atoms with Gasteiger partial charge in [-0.2, -0.15) is 0 Å². The van der Waals surface area contributed by atoms with Crippen LogP contribution in [0.15, 0.2) is 0 Å². The Bertz CT molecular complexity index is 193. The predicted octanol–water partition coefficient (Wildman–Crippen LogP) is 1.31. The highest BCUT2D eigenvalue weighted by Crippen LogP contribution is 2.00. The molecule has 0 aromatic carbocycles. The van der Waals surface area contributed by atoms with Gasteiger partial charge in [0, 0.05) is 21.9 Å². The van der Waals surface area contributed by atoms with Gasteiger partial charge in [-0.3, -0.25) is 0 Å². The molecule has 6 heteroatoms. The summed E-state index contributed by atoms with van der Waals surface area (Å²) in [7, 11) is -3.04. The van der Waals surface area contributed by atoms with Crippen LogP contribution in [0.2, 0.25) is 0 Å². The Labute approximate surface area is 74.8 Å². The van der Waals surface area contributed by atoms with Crippen LogP contribution >= 0.6 is 16.1 Å². The van der Waals surface area contributed by atoms with Gasteiger partial charge in [-0.25, -0.2) is 8.42 Å². The second-order valence-electron chi connectivity index (χ2n) is 2.18. The van der Waals surface area contributed by atoms with E-state index in [1.807, 2.05) is 0 Å². The van der Waals surface area contributed by atoms with Gasteiger partial charge >= 0.3 is 0 Å². The number of nitrogens with zero attached hydrogens (tertiary/aromatic N) is 1. The molecule has 0 atom stereocenters. The van der Waals surface area contributed by atoms with Crippen LogP contribution in [-0.2, 0) is 9.84 Å². The highest BCUT2D eigenvalue weighted by atomic mass is 79.9. The molecule has 0 aliphatic rings. The van der Waals surface area contributed by atoms with Crippen LogP contribution in [-0.4, -0.2) is 30.6 Å². The predicted molar refractivity (Wildman–Crippen MR) is 45.7 cm³/mol. The molecule has 0 amide bonds. The van der Waals surface area contributed by atoms with E-state index in [9.17, 15) is 12.9 Å². The zero-order valence-electron chi connectivity index (χ0n) is 6.26. The largest absolute Gasteiger partial charge is 0.229 e. The SMILES string of the molecule is CCCS(=O)(=O)CCN(F)Br. The molecule has 11 heavy (non-hydrogen) atoms. The third kappa shape index (κ3) is 6.71. The van der Waals surface area contributed by atoms with Crippen LogP contribution < -0.4 is 0 Å². The fourth-order valence-corrected chi connectivity index (χ4v) is 2.30. The molecule has 0 aromatic rings. The quantitative estimate of drug-likeness (QED) is 0.688. The van der Waals surface area contributed by atoms with Crippen molar-refractivity contribution in [1.82, 2.24) is 4.15 Å². The zero-order chi connectivity index (χ0) is 8.91. The first-order valence-corrected chi connectivity index (χ1v) is 5.80. The molecule has 0 bridgehead atoms. The topological polar surface area (TPSA) is 37.4 Å². The first-order chi connectivity index (χ1) is 4.98. The average molecular weight is 248 g/mol. The van der Waals surface area contributed by atoms with E-state index in [1.54, 1.807) is 6.92 Å². The standard InChI is InChI=1S/C5H11BrFNO2S/c1-2-4-11(9,10)5-3-8(6)7/h2-5H2,1H3. The summed E-state index contributed by atoms with van der Waals surface area (Å²) in [5.74, 6) is -0.00354. The van der Waals surface area contributed by atoms with Gasteiger partial charge in [0.1, 0.15) is 0 Å². The fraction of sp³-hybridized carbons (Fsp3) is 1.00. The highest BCUT2D eigenvalue weighted by Gasteiger charge is 2.10. The lowest BCUT2D eigenvalue weighted by molar-refractivity contribution is 0.181. The molecule has 68 valence electrons. The average Bonchev–Trinajstić information content (AvgIpc) is 1.84. The monoisotopic (exact) mass is 247 g/mol. The van der Waals surface area contributed by atoms with Crippen molar-refractivity contribution in [2.45, 2.75) is 13.3 Å². The van der Waals surface area contributed by atoms with E-state index >= 15 is 0 Å². The van der Waals surface area contributed by atoms with Crippen LogP contribution in [0.25, 0.3) is 0 Å². The van der Waals surface area contributed by atoms with Gasteiger partial charge in [0.25, 0.3) is 0 Å². The van der Waals surface area contributed by atoms with Crippen molar-refractivity contribution in [3.05, 3.63) is 0 Å². The zero-order valence-corrected chi connectivity index (χ0v) is 8.66. The summed E-state index contributed by atoms with van der Waals surface area (Å²) in [5.41, 5.74) is 0. The molecule has 0 saturated heterocycles. The van der Waals surface area contributed by atoms with E-state index in [2.05, 4.69) is 16.1 Å². The summed E-state index contributed by atoms with van der Waals surface area (Å²) in [5, 5.41) is 0. The summed E-state index contributed by atoms with van der Waals surface area (Å²) in [6.07, 6.45) is 0.580. The van der Waals surface area contributed by atoms with E-state index in [0.29, 0.717) is 6.42 Å². The third-order valence-electron chi connectivity index (χ3n) is 1.09. The maximum atomic E-state index is 12.0. The third-order valence-corrected chi connectivity index (χ3v) is 3.28. The van der Waals surface area contributed by atoms with Gasteiger partial charge in [-0.15, -0.1) is 4.48 Å². The van der Waals surface area contributed by atoms with Gasteiger partial charge in [0.15, 0.2) is 9.84 Å². The molecular formula is C5H11BrFNO2S. The van der Waals surface area contributed by atoms with Crippen molar-refractivity contribution in [2.75, 3.05) is 18.1 Å². The molecule has 3 nitrogen and oxygen atoms in total. The van der Waals surface area contributed by atoms with Gasteiger partial charge in [-0.05, 0) is 6.42 Å². The van der Waals surface area contributed by atoms with Gasteiger partial charge in [0.05, 0.1) is 12.3 Å². The first-order valence-electron chi connectivity index (χ1n) is 3.27. The molecule has 0 aromatic heterocycles. The normalized spacial score (nSPS) is 12.4. The minimum Gasteiger partial charge on any atom is -0.229 e. The molecule has 0 fully saturated rings. The fourth-order valence-electron chi connectivity index (χ4n) is 0.621. The van der Waals surface area contributed by atoms with Crippen molar-refractivity contribution in [2.24, 2.45) is 0 Å². The summed E-state index contributed by atoms with van der Waals surface area (Å²) in [4.78, 5) is 0. The van der Waals surface area contributed by atoms with Gasteiger partial charge in [0.2, 0.25) is 0 Å². The van der Waals surface area contributed by atoms with Gasteiger partial charge < -0.3 is 0 Å². The Morgan fingerprint density at radius 2 is 2.00 bits per heavy atom. The Hall–Kier alpha value is 0.320. The number of hydrogen-bond acceptors (Lipinski definition) is 3. The van der Waals surface area contributed by atoms with Crippen molar-refractivity contribution in [1.29, 1.82) is 0 Å². The number of rotatable bonds is 5. The van der Waals surface area contributed by atoms with Crippen LogP contribution in [0.1, 0.15) is 13.3 Å². The Morgan fingerprint density at radius 1 is 1.45 bits per heavy atom. The lowest BCUT2D eigenvalue weighted by Gasteiger charge is -2.02. The van der Waals surface area contributed by atoms with E-state index in [-0.39, 0.29) is 22.2 Å². The molecular weight excluding hydrogens is 237 g/mol. The maximum Gasteiger partial charge on any atom is 0.151 e. The molecule has 0 saturated carbocycles. The van der Waals surface area contributed by atoms with Crippen molar-refractivity contribution >= 4 is 26.0 Å². The van der Waals surface area contributed by atoms with Crippen LogP contribution in [0, 0.1) is 0 Å². The van der Waals surface area contributed by atoms with Crippen molar-refractivity contribution < 1.29 is 12.9 Å². The lowest BCUT2D eigenvalue weighted by Crippen LogP contribution is -2.18. The van der Waals surface area contributed by atoms with Crippen molar-refractivity contribution in [3.8, 4) is 0 Å². The van der Waals surface area contributed by atoms with E-state index < -0.39 is 9.84 Å². The second kappa shape index (κ2) is 5.05. The van der Waals surface area contributed by atoms with Crippen LogP contribution in [0.4, 0.5) is 4.48 Å². The van der Waals surface area contributed by atoms with Crippen LogP contribution in [0.5, 0.6) is 0 Å². The number of sulfone groups is 1. The number of hydrogen-bond donors (Lipinski definition) is 0. The Kier molecular flexibility index (Phi) is 5.20. The number of halogens is 2. The second-order valence-corrected chi connectivity index (χ2v) is 5.25. The van der Waals surface area contributed by atoms with Crippen LogP contribution in [0.3, 0.4) is 0 Å². The van der Waals surface area contributed by atoms with E-state index in [1.165, 1.54) is 0 Å².